The second-order valence-corrected chi connectivity index (χ2v) is 6.40. The molecule has 1 fully saturated rings. The number of nitrogens with zero attached hydrogens (tertiary/aromatic N) is 2. The van der Waals surface area contributed by atoms with Gasteiger partial charge in [0.25, 0.3) is 0 Å². The van der Waals surface area contributed by atoms with Gasteiger partial charge in [-0.1, -0.05) is 13.8 Å². The van der Waals surface area contributed by atoms with E-state index in [0.717, 1.165) is 45.9 Å². The molecule has 1 saturated heterocycles. The highest BCUT2D eigenvalue weighted by Gasteiger charge is 2.32. The second kappa shape index (κ2) is 7.43. The number of nitrogens with one attached hydrogen (secondary N) is 1. The SMILES string of the molecule is CC(C)CN(CCOC1(C)CNC1)CCN(C)C. The average Bonchev–Trinajstić information content (AvgIpc) is 2.22. The van der Waals surface area contributed by atoms with E-state index in [9.17, 15) is 0 Å². The highest BCUT2D eigenvalue weighted by Crippen LogP contribution is 2.14. The first-order valence-corrected chi connectivity index (χ1v) is 7.13. The number of ether oxygens (including phenoxy) is 1. The van der Waals surface area contributed by atoms with E-state index < -0.39 is 0 Å². The smallest absolute Gasteiger partial charge is 0.0902 e. The molecule has 0 saturated carbocycles. The van der Waals surface area contributed by atoms with Crippen molar-refractivity contribution in [1.29, 1.82) is 0 Å². The van der Waals surface area contributed by atoms with Gasteiger partial charge in [0.1, 0.15) is 0 Å². The van der Waals surface area contributed by atoms with Crippen LogP contribution in [0.25, 0.3) is 0 Å². The maximum atomic E-state index is 5.97. The van der Waals surface area contributed by atoms with Crippen molar-refractivity contribution in [2.45, 2.75) is 26.4 Å². The molecule has 1 heterocycles. The Morgan fingerprint density at radius 1 is 1.17 bits per heavy atom. The van der Waals surface area contributed by atoms with Gasteiger partial charge < -0.3 is 15.0 Å². The van der Waals surface area contributed by atoms with Gasteiger partial charge in [-0.3, -0.25) is 4.90 Å². The molecule has 0 radical (unpaired) electrons. The lowest BCUT2D eigenvalue weighted by Crippen LogP contribution is -2.59. The van der Waals surface area contributed by atoms with Crippen LogP contribution in [-0.4, -0.2) is 75.4 Å². The molecule has 0 atom stereocenters. The van der Waals surface area contributed by atoms with Crippen LogP contribution >= 0.6 is 0 Å². The molecule has 0 bridgehead atoms. The highest BCUT2D eigenvalue weighted by molar-refractivity contribution is 4.90. The fourth-order valence-corrected chi connectivity index (χ4v) is 2.15. The van der Waals surface area contributed by atoms with Crippen molar-refractivity contribution in [2.75, 3.05) is 60.0 Å². The molecule has 1 N–H and O–H groups in total. The van der Waals surface area contributed by atoms with Gasteiger partial charge in [0.15, 0.2) is 0 Å². The summed E-state index contributed by atoms with van der Waals surface area (Å²) in [5.41, 5.74) is 0.0883. The van der Waals surface area contributed by atoms with Gasteiger partial charge in [-0.15, -0.1) is 0 Å². The van der Waals surface area contributed by atoms with Crippen molar-refractivity contribution < 1.29 is 4.74 Å². The predicted octanol–water partition coefficient (Wildman–Crippen LogP) is 0.885. The van der Waals surface area contributed by atoms with Crippen LogP contribution in [0.5, 0.6) is 0 Å². The number of hydrogen-bond donors (Lipinski definition) is 1. The molecule has 0 aliphatic carbocycles. The van der Waals surface area contributed by atoms with Gasteiger partial charge in [0.05, 0.1) is 12.2 Å². The number of hydrogen-bond acceptors (Lipinski definition) is 4. The summed E-state index contributed by atoms with van der Waals surface area (Å²) in [6, 6.07) is 0. The minimum atomic E-state index is 0.0883. The quantitative estimate of drug-likeness (QED) is 0.664. The van der Waals surface area contributed by atoms with Crippen molar-refractivity contribution in [3.63, 3.8) is 0 Å². The molecule has 0 spiro atoms. The molecule has 1 aliphatic heterocycles. The average molecular weight is 257 g/mol. The first-order valence-electron chi connectivity index (χ1n) is 7.13. The second-order valence-electron chi connectivity index (χ2n) is 6.40. The summed E-state index contributed by atoms with van der Waals surface area (Å²) in [5.74, 6) is 0.716. The van der Waals surface area contributed by atoms with Crippen LogP contribution in [0.2, 0.25) is 0 Å². The molecule has 0 aromatic rings. The first-order chi connectivity index (χ1) is 8.41. The molecule has 0 amide bonds. The molecule has 1 rings (SSSR count). The highest BCUT2D eigenvalue weighted by atomic mass is 16.5. The fraction of sp³-hybridized carbons (Fsp3) is 1.00. The number of rotatable bonds is 9. The third-order valence-corrected chi connectivity index (χ3v) is 3.34. The normalized spacial score (nSPS) is 18.7. The zero-order chi connectivity index (χ0) is 13.6. The third-order valence-electron chi connectivity index (χ3n) is 3.34. The Morgan fingerprint density at radius 2 is 1.83 bits per heavy atom. The Bertz CT molecular complexity index is 227. The zero-order valence-corrected chi connectivity index (χ0v) is 12.8. The van der Waals surface area contributed by atoms with Crippen LogP contribution in [0.3, 0.4) is 0 Å². The Hall–Kier alpha value is -0.160. The summed E-state index contributed by atoms with van der Waals surface area (Å²) in [7, 11) is 4.26. The lowest BCUT2D eigenvalue weighted by Gasteiger charge is -2.39. The molecule has 4 heteroatoms. The van der Waals surface area contributed by atoms with Crippen molar-refractivity contribution in [3.05, 3.63) is 0 Å². The van der Waals surface area contributed by atoms with E-state index in [-0.39, 0.29) is 5.60 Å². The van der Waals surface area contributed by atoms with Crippen LogP contribution in [0.15, 0.2) is 0 Å². The maximum Gasteiger partial charge on any atom is 0.0902 e. The molecule has 18 heavy (non-hydrogen) atoms. The summed E-state index contributed by atoms with van der Waals surface area (Å²) >= 11 is 0. The Labute approximate surface area is 113 Å². The molecular weight excluding hydrogens is 226 g/mol. The van der Waals surface area contributed by atoms with Crippen molar-refractivity contribution in [1.82, 2.24) is 15.1 Å². The largest absolute Gasteiger partial charge is 0.371 e. The molecule has 1 aliphatic rings. The van der Waals surface area contributed by atoms with Crippen LogP contribution in [-0.2, 0) is 4.74 Å². The first kappa shape index (κ1) is 15.9. The lowest BCUT2D eigenvalue weighted by molar-refractivity contribution is -0.0727. The fourth-order valence-electron chi connectivity index (χ4n) is 2.15. The van der Waals surface area contributed by atoms with Crippen LogP contribution in [0, 0.1) is 5.92 Å². The summed E-state index contributed by atoms with van der Waals surface area (Å²) < 4.78 is 5.97. The van der Waals surface area contributed by atoms with Crippen molar-refractivity contribution in [3.8, 4) is 0 Å². The Kier molecular flexibility index (Phi) is 6.57. The topological polar surface area (TPSA) is 27.7 Å². The molecule has 0 aromatic carbocycles. The molecule has 0 unspecified atom stereocenters. The Morgan fingerprint density at radius 3 is 2.28 bits per heavy atom. The van der Waals surface area contributed by atoms with Crippen LogP contribution < -0.4 is 5.32 Å². The van der Waals surface area contributed by atoms with E-state index in [2.05, 4.69) is 50.0 Å². The minimum absolute atomic E-state index is 0.0883. The van der Waals surface area contributed by atoms with Gasteiger partial charge >= 0.3 is 0 Å². The van der Waals surface area contributed by atoms with E-state index >= 15 is 0 Å². The van der Waals surface area contributed by atoms with Gasteiger partial charge in [0.2, 0.25) is 0 Å². The third kappa shape index (κ3) is 6.14. The molecule has 0 aromatic heterocycles. The van der Waals surface area contributed by atoms with Gasteiger partial charge in [0, 0.05) is 39.3 Å². The number of likely N-dealkylation sites (N-methyl/N-ethyl adjacent to an activating group) is 1. The summed E-state index contributed by atoms with van der Waals surface area (Å²) in [4.78, 5) is 4.76. The van der Waals surface area contributed by atoms with E-state index in [1.54, 1.807) is 0 Å². The lowest BCUT2D eigenvalue weighted by atomic mass is 10.0. The monoisotopic (exact) mass is 257 g/mol. The molecule has 108 valence electrons. The van der Waals surface area contributed by atoms with Gasteiger partial charge in [-0.25, -0.2) is 0 Å². The van der Waals surface area contributed by atoms with Crippen LogP contribution in [0.4, 0.5) is 0 Å². The minimum Gasteiger partial charge on any atom is -0.371 e. The molecular formula is C14H31N3O. The van der Waals surface area contributed by atoms with E-state index in [1.807, 2.05) is 0 Å². The molecule has 4 nitrogen and oxygen atoms in total. The van der Waals surface area contributed by atoms with Crippen LogP contribution in [0.1, 0.15) is 20.8 Å². The summed E-state index contributed by atoms with van der Waals surface area (Å²) in [6.07, 6.45) is 0. The van der Waals surface area contributed by atoms with Crippen molar-refractivity contribution in [2.24, 2.45) is 5.92 Å². The van der Waals surface area contributed by atoms with Gasteiger partial charge in [-0.2, -0.15) is 0 Å². The van der Waals surface area contributed by atoms with Gasteiger partial charge in [-0.05, 0) is 26.9 Å². The summed E-state index contributed by atoms with van der Waals surface area (Å²) in [6.45, 7) is 14.0. The van der Waals surface area contributed by atoms with E-state index in [0.29, 0.717) is 5.92 Å². The Balaban J connectivity index is 2.21. The standard InChI is InChI=1S/C14H31N3O/c1-13(2)10-17(7-6-16(4)5)8-9-18-14(3)11-15-12-14/h13,15H,6-12H2,1-5H3. The van der Waals surface area contributed by atoms with E-state index in [1.165, 1.54) is 0 Å². The zero-order valence-electron chi connectivity index (χ0n) is 12.8. The van der Waals surface area contributed by atoms with Crippen molar-refractivity contribution >= 4 is 0 Å². The summed E-state index contributed by atoms with van der Waals surface area (Å²) in [5, 5.41) is 3.27. The predicted molar refractivity (Wildman–Crippen MR) is 77.1 cm³/mol. The maximum absolute atomic E-state index is 5.97. The van der Waals surface area contributed by atoms with E-state index in [4.69, 9.17) is 4.74 Å².